The van der Waals surface area contributed by atoms with Crippen molar-refractivity contribution in [3.8, 4) is 11.5 Å². The van der Waals surface area contributed by atoms with E-state index in [1.807, 2.05) is 6.07 Å². The lowest BCUT2D eigenvalue weighted by Gasteiger charge is -2.33. The van der Waals surface area contributed by atoms with E-state index in [4.69, 9.17) is 15.2 Å². The molecule has 0 saturated carbocycles. The zero-order valence-electron chi connectivity index (χ0n) is 11.5. The number of ether oxygens (including phenoxy) is 2. The Hall–Kier alpha value is -1.26. The van der Waals surface area contributed by atoms with Crippen molar-refractivity contribution >= 4 is 0 Å². The van der Waals surface area contributed by atoms with E-state index in [-0.39, 0.29) is 0 Å². The van der Waals surface area contributed by atoms with Crippen molar-refractivity contribution in [3.63, 3.8) is 0 Å². The first-order chi connectivity index (χ1) is 9.22. The fraction of sp³-hybridized carbons (Fsp3) is 0.600. The van der Waals surface area contributed by atoms with Gasteiger partial charge in [-0.3, -0.25) is 4.90 Å². The molecule has 1 aromatic rings. The van der Waals surface area contributed by atoms with Gasteiger partial charge in [-0.1, -0.05) is 6.07 Å². The number of hydrogen-bond acceptors (Lipinski definition) is 4. The number of nitrogens with two attached hydrogens (primary N) is 1. The minimum absolute atomic E-state index is 0.327. The van der Waals surface area contributed by atoms with Crippen LogP contribution < -0.4 is 15.2 Å². The van der Waals surface area contributed by atoms with Gasteiger partial charge >= 0.3 is 0 Å². The van der Waals surface area contributed by atoms with E-state index in [2.05, 4.69) is 24.0 Å². The van der Waals surface area contributed by atoms with Crippen LogP contribution in [0.1, 0.15) is 25.3 Å². The highest BCUT2D eigenvalue weighted by atomic mass is 16.7. The molecule has 0 aliphatic carbocycles. The molecule has 0 amide bonds. The van der Waals surface area contributed by atoms with Crippen molar-refractivity contribution < 1.29 is 9.47 Å². The minimum atomic E-state index is 0.327. The number of rotatable bonds is 3. The molecule has 104 valence electrons. The molecule has 4 nitrogen and oxygen atoms in total. The second-order valence-corrected chi connectivity index (χ2v) is 5.66. The molecule has 0 radical (unpaired) electrons. The molecule has 19 heavy (non-hydrogen) atoms. The molecule has 3 rings (SSSR count). The first-order valence-corrected chi connectivity index (χ1v) is 7.09. The van der Waals surface area contributed by atoms with E-state index in [1.54, 1.807) is 0 Å². The standard InChI is InChI=1S/C15H22N2O2/c1-11(16)13-4-6-17(7-5-13)9-12-2-3-14-15(8-12)19-10-18-14/h2-3,8,11,13H,4-7,9-10,16H2,1H3. The fourth-order valence-electron chi connectivity index (χ4n) is 2.93. The zero-order valence-corrected chi connectivity index (χ0v) is 11.5. The maximum Gasteiger partial charge on any atom is 0.231 e. The van der Waals surface area contributed by atoms with Gasteiger partial charge in [-0.15, -0.1) is 0 Å². The molecule has 1 fully saturated rings. The number of hydrogen-bond donors (Lipinski definition) is 1. The van der Waals surface area contributed by atoms with Crippen LogP contribution in [-0.2, 0) is 6.54 Å². The Balaban J connectivity index is 1.58. The molecule has 1 atom stereocenters. The highest BCUT2D eigenvalue weighted by molar-refractivity contribution is 5.44. The number of piperidine rings is 1. The van der Waals surface area contributed by atoms with Gasteiger partial charge in [0.15, 0.2) is 11.5 Å². The topological polar surface area (TPSA) is 47.7 Å². The van der Waals surface area contributed by atoms with Crippen LogP contribution in [0.4, 0.5) is 0 Å². The van der Waals surface area contributed by atoms with Gasteiger partial charge in [0, 0.05) is 12.6 Å². The predicted octanol–water partition coefficient (Wildman–Crippen LogP) is 1.97. The van der Waals surface area contributed by atoms with Crippen molar-refractivity contribution in [1.82, 2.24) is 4.90 Å². The second kappa shape index (κ2) is 5.39. The average Bonchev–Trinajstić information content (AvgIpc) is 2.87. The summed E-state index contributed by atoms with van der Waals surface area (Å²) in [6.45, 7) is 5.74. The van der Waals surface area contributed by atoms with E-state index >= 15 is 0 Å². The molecule has 0 bridgehead atoms. The lowest BCUT2D eigenvalue weighted by molar-refractivity contribution is 0.165. The maximum absolute atomic E-state index is 5.98. The Morgan fingerprint density at radius 2 is 2.00 bits per heavy atom. The molecule has 1 saturated heterocycles. The smallest absolute Gasteiger partial charge is 0.231 e. The van der Waals surface area contributed by atoms with Gasteiger partial charge in [0.2, 0.25) is 6.79 Å². The first kappa shape index (κ1) is 12.8. The highest BCUT2D eigenvalue weighted by Crippen LogP contribution is 2.33. The summed E-state index contributed by atoms with van der Waals surface area (Å²) in [7, 11) is 0. The average molecular weight is 262 g/mol. The van der Waals surface area contributed by atoms with Crippen molar-refractivity contribution in [2.75, 3.05) is 19.9 Å². The third kappa shape index (κ3) is 2.85. The fourth-order valence-corrected chi connectivity index (χ4v) is 2.93. The van der Waals surface area contributed by atoms with Gasteiger partial charge in [0.05, 0.1) is 0 Å². The van der Waals surface area contributed by atoms with E-state index in [0.717, 1.165) is 31.1 Å². The summed E-state index contributed by atoms with van der Waals surface area (Å²) >= 11 is 0. The first-order valence-electron chi connectivity index (χ1n) is 7.09. The van der Waals surface area contributed by atoms with Crippen LogP contribution in [0.2, 0.25) is 0 Å². The van der Waals surface area contributed by atoms with E-state index in [0.29, 0.717) is 18.8 Å². The lowest BCUT2D eigenvalue weighted by Crippen LogP contribution is -2.39. The van der Waals surface area contributed by atoms with Gasteiger partial charge in [0.1, 0.15) is 0 Å². The molecule has 2 aliphatic rings. The molecule has 0 spiro atoms. The van der Waals surface area contributed by atoms with Crippen LogP contribution in [0.5, 0.6) is 11.5 Å². The largest absolute Gasteiger partial charge is 0.454 e. The molecule has 2 aliphatic heterocycles. The SMILES string of the molecule is CC(N)C1CCN(Cc2ccc3c(c2)OCO3)CC1. The van der Waals surface area contributed by atoms with Crippen molar-refractivity contribution in [2.24, 2.45) is 11.7 Å². The molecular formula is C15H22N2O2. The summed E-state index contributed by atoms with van der Waals surface area (Å²) in [5.41, 5.74) is 7.27. The van der Waals surface area contributed by atoms with E-state index < -0.39 is 0 Å². The molecule has 2 heterocycles. The highest BCUT2D eigenvalue weighted by Gasteiger charge is 2.22. The van der Waals surface area contributed by atoms with Gasteiger partial charge in [-0.25, -0.2) is 0 Å². The molecule has 0 aromatic heterocycles. The number of nitrogens with zero attached hydrogens (tertiary/aromatic N) is 1. The Morgan fingerprint density at radius 3 is 2.74 bits per heavy atom. The maximum atomic E-state index is 5.98. The quantitative estimate of drug-likeness (QED) is 0.905. The van der Waals surface area contributed by atoms with Crippen molar-refractivity contribution in [3.05, 3.63) is 23.8 Å². The molecule has 4 heteroatoms. The summed E-state index contributed by atoms with van der Waals surface area (Å²) in [5.74, 6) is 2.43. The Labute approximate surface area is 114 Å². The monoisotopic (exact) mass is 262 g/mol. The van der Waals surface area contributed by atoms with E-state index in [1.165, 1.54) is 18.4 Å². The van der Waals surface area contributed by atoms with Gasteiger partial charge in [-0.2, -0.15) is 0 Å². The van der Waals surface area contributed by atoms with Crippen LogP contribution >= 0.6 is 0 Å². The third-order valence-electron chi connectivity index (χ3n) is 4.22. The predicted molar refractivity (Wildman–Crippen MR) is 74.2 cm³/mol. The molecule has 1 aromatic carbocycles. The summed E-state index contributed by atoms with van der Waals surface area (Å²) in [5, 5.41) is 0. The van der Waals surface area contributed by atoms with Crippen LogP contribution in [0, 0.1) is 5.92 Å². The second-order valence-electron chi connectivity index (χ2n) is 5.66. The van der Waals surface area contributed by atoms with Crippen molar-refractivity contribution in [2.45, 2.75) is 32.4 Å². The summed E-state index contributed by atoms with van der Waals surface area (Å²) in [6.07, 6.45) is 2.42. The molecule has 1 unspecified atom stereocenters. The van der Waals surface area contributed by atoms with Crippen LogP contribution in [0.3, 0.4) is 0 Å². The van der Waals surface area contributed by atoms with Crippen LogP contribution in [-0.4, -0.2) is 30.8 Å². The summed E-state index contributed by atoms with van der Waals surface area (Å²) in [6, 6.07) is 6.56. The molecular weight excluding hydrogens is 240 g/mol. The van der Waals surface area contributed by atoms with Gasteiger partial charge in [-0.05, 0) is 56.5 Å². The Bertz CT molecular complexity index is 440. The Morgan fingerprint density at radius 1 is 1.26 bits per heavy atom. The zero-order chi connectivity index (χ0) is 13.2. The summed E-state index contributed by atoms with van der Waals surface area (Å²) < 4.78 is 10.8. The van der Waals surface area contributed by atoms with Crippen LogP contribution in [0.25, 0.3) is 0 Å². The van der Waals surface area contributed by atoms with Crippen molar-refractivity contribution in [1.29, 1.82) is 0 Å². The van der Waals surface area contributed by atoms with E-state index in [9.17, 15) is 0 Å². The van der Waals surface area contributed by atoms with Gasteiger partial charge in [0.25, 0.3) is 0 Å². The lowest BCUT2D eigenvalue weighted by atomic mass is 9.91. The number of likely N-dealkylation sites (tertiary alicyclic amines) is 1. The normalized spacial score (nSPS) is 21.6. The molecule has 2 N–H and O–H groups in total. The third-order valence-corrected chi connectivity index (χ3v) is 4.22. The number of benzene rings is 1. The summed E-state index contributed by atoms with van der Waals surface area (Å²) in [4.78, 5) is 2.50. The van der Waals surface area contributed by atoms with Crippen LogP contribution in [0.15, 0.2) is 18.2 Å². The number of fused-ring (bicyclic) bond motifs is 1. The Kier molecular flexibility index (Phi) is 3.62. The minimum Gasteiger partial charge on any atom is -0.454 e. The van der Waals surface area contributed by atoms with Gasteiger partial charge < -0.3 is 15.2 Å².